The average molecular weight is 563 g/mol. The van der Waals surface area contributed by atoms with E-state index in [4.69, 9.17) is 0 Å². The third-order valence-corrected chi connectivity index (χ3v) is 9.20. The molecule has 1 unspecified atom stereocenters. The summed E-state index contributed by atoms with van der Waals surface area (Å²) in [6.45, 7) is 14.4. The minimum absolute atomic E-state index is 0.198. The zero-order valence-corrected chi connectivity index (χ0v) is 26.4. The minimum Gasteiger partial charge on any atom is -0.309 e. The summed E-state index contributed by atoms with van der Waals surface area (Å²) >= 11 is 0. The maximum Gasteiger partial charge on any atom is 0.0541 e. The Morgan fingerprint density at radius 3 is 1.16 bits per heavy atom. The van der Waals surface area contributed by atoms with Crippen LogP contribution in [0.25, 0.3) is 55.0 Å². The van der Waals surface area contributed by atoms with Crippen molar-refractivity contribution in [1.82, 2.24) is 9.13 Å². The van der Waals surface area contributed by atoms with Crippen molar-refractivity contribution in [3.63, 3.8) is 0 Å². The highest BCUT2D eigenvalue weighted by Crippen LogP contribution is 2.40. The van der Waals surface area contributed by atoms with Gasteiger partial charge in [-0.3, -0.25) is 0 Å². The van der Waals surface area contributed by atoms with Gasteiger partial charge in [0.2, 0.25) is 0 Å². The number of aromatic nitrogens is 2. The highest BCUT2D eigenvalue weighted by Gasteiger charge is 2.29. The van der Waals surface area contributed by atoms with Crippen LogP contribution in [0.1, 0.15) is 53.5 Å². The van der Waals surface area contributed by atoms with Gasteiger partial charge in [0, 0.05) is 32.9 Å². The Kier molecular flexibility index (Phi) is 6.50. The van der Waals surface area contributed by atoms with E-state index in [2.05, 4.69) is 166 Å². The monoisotopic (exact) mass is 562 g/mol. The van der Waals surface area contributed by atoms with E-state index in [1.165, 1.54) is 67.0 Å². The van der Waals surface area contributed by atoms with Crippen molar-refractivity contribution >= 4 is 43.6 Å². The maximum absolute atomic E-state index is 2.47. The van der Waals surface area contributed by atoms with Gasteiger partial charge in [-0.1, -0.05) is 114 Å². The van der Waals surface area contributed by atoms with Crippen molar-refractivity contribution < 1.29 is 0 Å². The fraction of sp³-hybridized carbons (Fsp3) is 0.268. The van der Waals surface area contributed by atoms with Gasteiger partial charge in [0.05, 0.1) is 22.1 Å². The smallest absolute Gasteiger partial charge is 0.0541 e. The fourth-order valence-electron chi connectivity index (χ4n) is 7.14. The SMILES string of the molecule is CC(C)(C)CC(Cc1cc(-n2c3ccccc3c3ccccc32)cc(-n2c3ccccc3c3ccccc32)c1)C(C)(C)C. The van der Waals surface area contributed by atoms with Crippen molar-refractivity contribution in [2.75, 3.05) is 0 Å². The largest absolute Gasteiger partial charge is 0.309 e. The summed E-state index contributed by atoms with van der Waals surface area (Å²) in [4.78, 5) is 0. The predicted molar refractivity (Wildman–Crippen MR) is 186 cm³/mol. The average Bonchev–Trinajstić information content (AvgIpc) is 3.49. The summed E-state index contributed by atoms with van der Waals surface area (Å²) in [7, 11) is 0. The van der Waals surface area contributed by atoms with E-state index < -0.39 is 0 Å². The van der Waals surface area contributed by atoms with Gasteiger partial charge < -0.3 is 9.13 Å². The number of hydrogen-bond acceptors (Lipinski definition) is 0. The Hall–Kier alpha value is -4.30. The molecule has 43 heavy (non-hydrogen) atoms. The molecule has 2 heterocycles. The molecule has 2 nitrogen and oxygen atoms in total. The predicted octanol–water partition coefficient (Wildman–Crippen LogP) is 11.5. The van der Waals surface area contributed by atoms with Crippen LogP contribution in [-0.4, -0.2) is 9.13 Å². The number of fused-ring (bicyclic) bond motifs is 6. The molecule has 0 fully saturated rings. The van der Waals surface area contributed by atoms with Crippen LogP contribution in [-0.2, 0) is 6.42 Å². The number of para-hydroxylation sites is 4. The molecule has 0 aliphatic rings. The molecule has 7 rings (SSSR count). The molecule has 0 amide bonds. The van der Waals surface area contributed by atoms with E-state index in [-0.39, 0.29) is 10.8 Å². The number of benzene rings is 5. The van der Waals surface area contributed by atoms with Gasteiger partial charge >= 0.3 is 0 Å². The van der Waals surface area contributed by atoms with E-state index in [9.17, 15) is 0 Å². The minimum atomic E-state index is 0.198. The number of rotatable bonds is 5. The van der Waals surface area contributed by atoms with Gasteiger partial charge in [-0.2, -0.15) is 0 Å². The van der Waals surface area contributed by atoms with Gasteiger partial charge in [-0.15, -0.1) is 0 Å². The van der Waals surface area contributed by atoms with Gasteiger partial charge in [-0.25, -0.2) is 0 Å². The van der Waals surface area contributed by atoms with Crippen molar-refractivity contribution in [3.05, 3.63) is 121 Å². The first kappa shape index (κ1) is 27.5. The van der Waals surface area contributed by atoms with Crippen LogP contribution in [0.5, 0.6) is 0 Å². The Bertz CT molecular complexity index is 1870. The normalized spacial score (nSPS) is 13.4. The van der Waals surface area contributed by atoms with E-state index in [0.29, 0.717) is 5.92 Å². The molecular formula is C41H42N2. The van der Waals surface area contributed by atoms with Crippen LogP contribution in [0.15, 0.2) is 115 Å². The topological polar surface area (TPSA) is 9.86 Å². The quantitative estimate of drug-likeness (QED) is 0.197. The highest BCUT2D eigenvalue weighted by molar-refractivity contribution is 6.10. The van der Waals surface area contributed by atoms with Gasteiger partial charge in [-0.05, 0) is 77.6 Å². The first-order valence-corrected chi connectivity index (χ1v) is 15.7. The van der Waals surface area contributed by atoms with Crippen LogP contribution in [0.2, 0.25) is 0 Å². The van der Waals surface area contributed by atoms with Crippen LogP contribution in [0.3, 0.4) is 0 Å². The van der Waals surface area contributed by atoms with E-state index in [0.717, 1.165) is 6.42 Å². The third kappa shape index (κ3) is 4.93. The van der Waals surface area contributed by atoms with Gasteiger partial charge in [0.15, 0.2) is 0 Å². The molecule has 0 radical (unpaired) electrons. The second-order valence-electron chi connectivity index (χ2n) is 14.6. The summed E-state index contributed by atoms with van der Waals surface area (Å²) in [6.07, 6.45) is 2.22. The Morgan fingerprint density at radius 1 is 0.488 bits per heavy atom. The summed E-state index contributed by atoms with van der Waals surface area (Å²) in [5, 5.41) is 5.17. The molecule has 2 aromatic heterocycles. The standard InChI is InChI=1S/C41H42N2/c1-40(2,3)27-29(41(4,5)6)23-28-24-30(42-36-19-11-7-15-32(36)33-16-8-12-20-37(33)42)26-31(25-28)43-38-21-13-9-17-34(38)35-18-10-14-22-39(35)43/h7-22,24-26,29H,23,27H2,1-6H3. The van der Waals surface area contributed by atoms with Gasteiger partial charge in [0.25, 0.3) is 0 Å². The molecule has 0 N–H and O–H groups in total. The summed E-state index contributed by atoms with van der Waals surface area (Å²) in [6, 6.07) is 42.6. The first-order chi connectivity index (χ1) is 20.6. The lowest BCUT2D eigenvalue weighted by Gasteiger charge is -2.36. The molecule has 2 heteroatoms. The van der Waals surface area contributed by atoms with Crippen molar-refractivity contribution in [1.29, 1.82) is 0 Å². The third-order valence-electron chi connectivity index (χ3n) is 9.20. The zero-order valence-electron chi connectivity index (χ0n) is 26.4. The van der Waals surface area contributed by atoms with E-state index in [1.807, 2.05) is 0 Å². The molecule has 0 aliphatic carbocycles. The maximum atomic E-state index is 2.47. The highest BCUT2D eigenvalue weighted by atomic mass is 15.0. The van der Waals surface area contributed by atoms with Crippen LogP contribution < -0.4 is 0 Å². The van der Waals surface area contributed by atoms with E-state index >= 15 is 0 Å². The van der Waals surface area contributed by atoms with Crippen LogP contribution in [0, 0.1) is 16.7 Å². The Morgan fingerprint density at radius 2 is 0.837 bits per heavy atom. The van der Waals surface area contributed by atoms with Crippen molar-refractivity contribution in [2.24, 2.45) is 16.7 Å². The molecule has 0 saturated heterocycles. The first-order valence-electron chi connectivity index (χ1n) is 15.7. The molecule has 0 spiro atoms. The molecule has 0 aliphatic heterocycles. The fourth-order valence-corrected chi connectivity index (χ4v) is 7.14. The lowest BCUT2D eigenvalue weighted by atomic mass is 9.70. The molecular weight excluding hydrogens is 520 g/mol. The Labute approximate surface area is 255 Å². The molecule has 7 aromatic rings. The molecule has 1 atom stereocenters. The lowest BCUT2D eigenvalue weighted by Crippen LogP contribution is -2.27. The molecule has 0 bridgehead atoms. The van der Waals surface area contributed by atoms with E-state index in [1.54, 1.807) is 0 Å². The second kappa shape index (κ2) is 10.2. The van der Waals surface area contributed by atoms with Crippen LogP contribution in [0.4, 0.5) is 0 Å². The summed E-state index contributed by atoms with van der Waals surface area (Å²) in [5.41, 5.74) is 9.27. The number of hydrogen-bond donors (Lipinski definition) is 0. The zero-order chi connectivity index (χ0) is 29.9. The Balaban J connectivity index is 1.53. The van der Waals surface area contributed by atoms with Crippen molar-refractivity contribution in [3.8, 4) is 11.4 Å². The van der Waals surface area contributed by atoms with Crippen LogP contribution >= 0.6 is 0 Å². The van der Waals surface area contributed by atoms with Gasteiger partial charge in [0.1, 0.15) is 0 Å². The summed E-state index contributed by atoms with van der Waals surface area (Å²) in [5.74, 6) is 0.548. The molecule has 5 aromatic carbocycles. The summed E-state index contributed by atoms with van der Waals surface area (Å²) < 4.78 is 4.95. The number of nitrogens with zero attached hydrogens (tertiary/aromatic N) is 2. The molecule has 0 saturated carbocycles. The van der Waals surface area contributed by atoms with Crippen molar-refractivity contribution in [2.45, 2.75) is 54.4 Å². The molecule has 216 valence electrons. The lowest BCUT2D eigenvalue weighted by molar-refractivity contribution is 0.164. The second-order valence-corrected chi connectivity index (χ2v) is 14.6.